The standard InChI is InChI=1S/C21H24N2O4S/c1-14(24)23-10-9-15-6-3-4-7-16(15)18(23)13-20(25)22-17(12-21(26)27-2)19-8-5-11-28-19/h3-8,11,17-18H,9-10,12-13H2,1-2H3,(H,22,25). The fraction of sp³-hybridized carbons (Fsp3) is 0.381. The Hall–Kier alpha value is -2.67. The number of hydrogen-bond acceptors (Lipinski definition) is 5. The first-order valence-corrected chi connectivity index (χ1v) is 10.1. The Labute approximate surface area is 168 Å². The Bertz CT molecular complexity index is 850. The zero-order valence-corrected chi connectivity index (χ0v) is 16.8. The number of fused-ring (bicyclic) bond motifs is 1. The van der Waals surface area contributed by atoms with Gasteiger partial charge in [-0.05, 0) is 29.0 Å². The molecule has 2 heterocycles. The number of rotatable bonds is 6. The third-order valence-electron chi connectivity index (χ3n) is 5.02. The second-order valence-electron chi connectivity index (χ2n) is 6.80. The highest BCUT2D eigenvalue weighted by Gasteiger charge is 2.31. The van der Waals surface area contributed by atoms with Crippen molar-refractivity contribution in [1.29, 1.82) is 0 Å². The average molecular weight is 401 g/mol. The second-order valence-corrected chi connectivity index (χ2v) is 7.78. The van der Waals surface area contributed by atoms with Crippen LogP contribution in [0.4, 0.5) is 0 Å². The first-order valence-electron chi connectivity index (χ1n) is 9.24. The number of thiophene rings is 1. The van der Waals surface area contributed by atoms with Crippen molar-refractivity contribution in [3.8, 4) is 0 Å². The van der Waals surface area contributed by atoms with E-state index in [0.717, 1.165) is 16.9 Å². The van der Waals surface area contributed by atoms with Gasteiger partial charge in [-0.2, -0.15) is 0 Å². The lowest BCUT2D eigenvalue weighted by atomic mass is 9.90. The molecule has 2 aromatic rings. The van der Waals surface area contributed by atoms with Gasteiger partial charge in [0.05, 0.1) is 32.0 Å². The molecule has 0 fully saturated rings. The molecule has 1 aromatic carbocycles. The Morgan fingerprint density at radius 2 is 2.04 bits per heavy atom. The molecular formula is C21H24N2O4S. The van der Waals surface area contributed by atoms with E-state index in [1.54, 1.807) is 4.90 Å². The van der Waals surface area contributed by atoms with Gasteiger partial charge in [0.25, 0.3) is 0 Å². The van der Waals surface area contributed by atoms with Gasteiger partial charge in [0, 0.05) is 18.3 Å². The summed E-state index contributed by atoms with van der Waals surface area (Å²) < 4.78 is 4.77. The van der Waals surface area contributed by atoms with Crippen molar-refractivity contribution in [2.45, 2.75) is 38.3 Å². The highest BCUT2D eigenvalue weighted by molar-refractivity contribution is 7.10. The van der Waals surface area contributed by atoms with E-state index in [0.29, 0.717) is 6.54 Å². The minimum absolute atomic E-state index is 0.0447. The predicted octanol–water partition coefficient (Wildman–Crippen LogP) is 3.00. The number of benzene rings is 1. The molecule has 0 aliphatic carbocycles. The van der Waals surface area contributed by atoms with Crippen LogP contribution >= 0.6 is 11.3 Å². The molecule has 1 aliphatic heterocycles. The van der Waals surface area contributed by atoms with Gasteiger partial charge in [0.15, 0.2) is 0 Å². The van der Waals surface area contributed by atoms with Gasteiger partial charge in [-0.15, -0.1) is 11.3 Å². The molecule has 0 saturated heterocycles. The van der Waals surface area contributed by atoms with Crippen molar-refractivity contribution in [1.82, 2.24) is 10.2 Å². The summed E-state index contributed by atoms with van der Waals surface area (Å²) in [6, 6.07) is 11.0. The van der Waals surface area contributed by atoms with Crippen LogP contribution in [-0.2, 0) is 25.5 Å². The lowest BCUT2D eigenvalue weighted by Gasteiger charge is -2.36. The van der Waals surface area contributed by atoms with Crippen LogP contribution in [0.5, 0.6) is 0 Å². The molecule has 1 aromatic heterocycles. The van der Waals surface area contributed by atoms with Crippen molar-refractivity contribution in [3.63, 3.8) is 0 Å². The summed E-state index contributed by atoms with van der Waals surface area (Å²) in [7, 11) is 1.33. The number of hydrogen-bond donors (Lipinski definition) is 1. The summed E-state index contributed by atoms with van der Waals surface area (Å²) in [5.74, 6) is -0.626. The molecule has 1 N–H and O–H groups in total. The minimum Gasteiger partial charge on any atom is -0.469 e. The Kier molecular flexibility index (Phi) is 6.46. The summed E-state index contributed by atoms with van der Waals surface area (Å²) >= 11 is 1.48. The second kappa shape index (κ2) is 9.01. The summed E-state index contributed by atoms with van der Waals surface area (Å²) in [5, 5.41) is 4.86. The van der Waals surface area contributed by atoms with E-state index in [1.807, 2.05) is 41.8 Å². The molecule has 148 valence electrons. The summed E-state index contributed by atoms with van der Waals surface area (Å²) in [5.41, 5.74) is 2.18. The molecule has 0 spiro atoms. The van der Waals surface area contributed by atoms with E-state index < -0.39 is 6.04 Å². The van der Waals surface area contributed by atoms with E-state index in [-0.39, 0.29) is 36.7 Å². The number of methoxy groups -OCH3 is 1. The van der Waals surface area contributed by atoms with E-state index in [1.165, 1.54) is 30.9 Å². The number of esters is 1. The van der Waals surface area contributed by atoms with Crippen LogP contribution in [-0.4, -0.2) is 36.3 Å². The molecule has 2 unspecified atom stereocenters. The maximum Gasteiger partial charge on any atom is 0.307 e. The third-order valence-corrected chi connectivity index (χ3v) is 6.00. The highest BCUT2D eigenvalue weighted by Crippen LogP contribution is 2.33. The van der Waals surface area contributed by atoms with Crippen molar-refractivity contribution >= 4 is 29.1 Å². The summed E-state index contributed by atoms with van der Waals surface area (Å²) in [6.07, 6.45) is 1.01. The molecule has 6 nitrogen and oxygen atoms in total. The molecule has 3 rings (SSSR count). The molecule has 7 heteroatoms. The van der Waals surface area contributed by atoms with E-state index in [4.69, 9.17) is 4.74 Å². The zero-order chi connectivity index (χ0) is 20.1. The number of amides is 2. The van der Waals surface area contributed by atoms with Crippen LogP contribution in [0, 0.1) is 0 Å². The average Bonchev–Trinajstić information content (AvgIpc) is 3.22. The maximum atomic E-state index is 12.9. The van der Waals surface area contributed by atoms with Crippen LogP contribution in [0.25, 0.3) is 0 Å². The van der Waals surface area contributed by atoms with Gasteiger partial charge in [0.2, 0.25) is 11.8 Å². The molecule has 0 bridgehead atoms. The minimum atomic E-state index is -0.440. The van der Waals surface area contributed by atoms with Gasteiger partial charge in [-0.3, -0.25) is 14.4 Å². The SMILES string of the molecule is COC(=O)CC(NC(=O)CC1c2ccccc2CCN1C(C)=O)c1cccs1. The van der Waals surface area contributed by atoms with Gasteiger partial charge in [-0.1, -0.05) is 30.3 Å². The maximum absolute atomic E-state index is 12.9. The summed E-state index contributed by atoms with van der Waals surface area (Å²) in [6.45, 7) is 2.13. The third kappa shape index (κ3) is 4.59. The Morgan fingerprint density at radius 3 is 2.71 bits per heavy atom. The van der Waals surface area contributed by atoms with E-state index >= 15 is 0 Å². The van der Waals surface area contributed by atoms with Crippen LogP contribution in [0.1, 0.15) is 47.9 Å². The number of ether oxygens (including phenoxy) is 1. The number of carbonyl (C=O) groups is 3. The van der Waals surface area contributed by atoms with E-state index in [9.17, 15) is 14.4 Å². The van der Waals surface area contributed by atoms with Gasteiger partial charge < -0.3 is 15.0 Å². The van der Waals surface area contributed by atoms with Crippen LogP contribution < -0.4 is 5.32 Å². The van der Waals surface area contributed by atoms with Crippen LogP contribution in [0.15, 0.2) is 41.8 Å². The smallest absolute Gasteiger partial charge is 0.307 e. The molecular weight excluding hydrogens is 376 g/mol. The topological polar surface area (TPSA) is 75.7 Å². The lowest BCUT2D eigenvalue weighted by molar-refractivity contribution is -0.141. The largest absolute Gasteiger partial charge is 0.469 e. The highest BCUT2D eigenvalue weighted by atomic mass is 32.1. The molecule has 1 aliphatic rings. The molecule has 2 atom stereocenters. The molecule has 28 heavy (non-hydrogen) atoms. The lowest BCUT2D eigenvalue weighted by Crippen LogP contribution is -2.41. The summed E-state index contributed by atoms with van der Waals surface area (Å²) in [4.78, 5) is 39.4. The van der Waals surface area contributed by atoms with Crippen LogP contribution in [0.3, 0.4) is 0 Å². The van der Waals surface area contributed by atoms with Gasteiger partial charge >= 0.3 is 5.97 Å². The van der Waals surface area contributed by atoms with Gasteiger partial charge in [-0.25, -0.2) is 0 Å². The fourth-order valence-electron chi connectivity index (χ4n) is 3.64. The first-order chi connectivity index (χ1) is 13.5. The molecule has 2 amide bonds. The fourth-order valence-corrected chi connectivity index (χ4v) is 4.42. The number of carbonyl (C=O) groups excluding carboxylic acids is 3. The monoisotopic (exact) mass is 400 g/mol. The van der Waals surface area contributed by atoms with Crippen molar-refractivity contribution < 1.29 is 19.1 Å². The van der Waals surface area contributed by atoms with E-state index in [2.05, 4.69) is 5.32 Å². The number of nitrogens with one attached hydrogen (secondary N) is 1. The molecule has 0 radical (unpaired) electrons. The quantitative estimate of drug-likeness (QED) is 0.757. The zero-order valence-electron chi connectivity index (χ0n) is 16.0. The van der Waals surface area contributed by atoms with Crippen LogP contribution in [0.2, 0.25) is 0 Å². The molecule has 0 saturated carbocycles. The Morgan fingerprint density at radius 1 is 1.25 bits per heavy atom. The van der Waals surface area contributed by atoms with Gasteiger partial charge in [0.1, 0.15) is 0 Å². The van der Waals surface area contributed by atoms with Crippen molar-refractivity contribution in [3.05, 3.63) is 57.8 Å². The van der Waals surface area contributed by atoms with Crippen molar-refractivity contribution in [2.24, 2.45) is 0 Å². The number of nitrogens with zero attached hydrogens (tertiary/aromatic N) is 1. The normalized spacial score (nSPS) is 16.8. The van der Waals surface area contributed by atoms with Crippen molar-refractivity contribution in [2.75, 3.05) is 13.7 Å². The first kappa shape index (κ1) is 20.1. The predicted molar refractivity (Wildman–Crippen MR) is 107 cm³/mol. The Balaban J connectivity index is 1.77.